The molecule has 1 N–H and O–H groups in total. The first-order chi connectivity index (χ1) is 9.60. The number of nitrogens with zero attached hydrogens (tertiary/aromatic N) is 1. The maximum atomic E-state index is 12.4. The van der Waals surface area contributed by atoms with Crippen LogP contribution in [0, 0.1) is 0 Å². The molecule has 20 heavy (non-hydrogen) atoms. The summed E-state index contributed by atoms with van der Waals surface area (Å²) in [6.07, 6.45) is 3.21. The van der Waals surface area contributed by atoms with Crippen LogP contribution in [0.25, 0.3) is 0 Å². The minimum Gasteiger partial charge on any atom is -0.497 e. The smallest absolute Gasteiger partial charge is 0.239 e. The molecule has 1 aliphatic heterocycles. The number of nitrogens with one attached hydrogen (secondary N) is 1. The molecule has 1 fully saturated rings. The van der Waals surface area contributed by atoms with Gasteiger partial charge >= 0.3 is 0 Å². The average molecular weight is 276 g/mol. The molecule has 0 radical (unpaired) electrons. The predicted octanol–water partition coefficient (Wildman–Crippen LogP) is 2.18. The second-order valence-electron chi connectivity index (χ2n) is 5.60. The predicted molar refractivity (Wildman–Crippen MR) is 79.7 cm³/mol. The van der Waals surface area contributed by atoms with Crippen molar-refractivity contribution in [2.75, 3.05) is 14.2 Å². The summed E-state index contributed by atoms with van der Waals surface area (Å²) in [7, 11) is 3.52. The molecular formula is C16H24N2O2. The van der Waals surface area contributed by atoms with Crippen molar-refractivity contribution in [3.05, 3.63) is 29.8 Å². The van der Waals surface area contributed by atoms with Gasteiger partial charge in [0.15, 0.2) is 0 Å². The van der Waals surface area contributed by atoms with E-state index in [2.05, 4.69) is 12.2 Å². The molecule has 1 aromatic rings. The lowest BCUT2D eigenvalue weighted by Crippen LogP contribution is -2.50. The van der Waals surface area contributed by atoms with Crippen LogP contribution < -0.4 is 10.1 Å². The maximum Gasteiger partial charge on any atom is 0.239 e. The van der Waals surface area contributed by atoms with Gasteiger partial charge in [-0.25, -0.2) is 0 Å². The van der Waals surface area contributed by atoms with Crippen molar-refractivity contribution in [2.45, 2.75) is 44.8 Å². The molecule has 1 saturated heterocycles. The summed E-state index contributed by atoms with van der Waals surface area (Å²) >= 11 is 0. The monoisotopic (exact) mass is 276 g/mol. The molecule has 0 spiro atoms. The van der Waals surface area contributed by atoms with Crippen molar-refractivity contribution >= 4 is 5.91 Å². The van der Waals surface area contributed by atoms with E-state index in [9.17, 15) is 4.79 Å². The van der Waals surface area contributed by atoms with Crippen LogP contribution in [0.3, 0.4) is 0 Å². The highest BCUT2D eigenvalue weighted by Gasteiger charge is 2.26. The van der Waals surface area contributed by atoms with Gasteiger partial charge in [-0.1, -0.05) is 12.1 Å². The molecule has 4 nitrogen and oxygen atoms in total. The zero-order valence-corrected chi connectivity index (χ0v) is 12.6. The number of methoxy groups -OCH3 is 1. The van der Waals surface area contributed by atoms with Crippen LogP contribution in [0.1, 0.15) is 31.7 Å². The van der Waals surface area contributed by atoms with Gasteiger partial charge in [0.05, 0.1) is 13.2 Å². The number of likely N-dealkylation sites (N-methyl/N-ethyl adjacent to an activating group) is 1. The zero-order valence-electron chi connectivity index (χ0n) is 12.6. The summed E-state index contributed by atoms with van der Waals surface area (Å²) in [6.45, 7) is 2.75. The first-order valence-corrected chi connectivity index (χ1v) is 7.24. The molecule has 0 aliphatic carbocycles. The molecule has 1 heterocycles. The Bertz CT molecular complexity index is 462. The van der Waals surface area contributed by atoms with Crippen molar-refractivity contribution in [2.24, 2.45) is 0 Å². The van der Waals surface area contributed by atoms with Gasteiger partial charge in [-0.2, -0.15) is 0 Å². The molecule has 1 aliphatic rings. The topological polar surface area (TPSA) is 41.6 Å². The Labute approximate surface area is 121 Å². The number of carbonyl (C=O) groups is 1. The molecule has 2 unspecified atom stereocenters. The molecule has 1 aromatic carbocycles. The number of ether oxygens (including phenoxy) is 1. The second kappa shape index (κ2) is 6.75. The minimum atomic E-state index is -0.0330. The number of rotatable bonds is 4. The highest BCUT2D eigenvalue weighted by atomic mass is 16.5. The lowest BCUT2D eigenvalue weighted by atomic mass is 9.98. The van der Waals surface area contributed by atoms with E-state index in [-0.39, 0.29) is 11.9 Å². The summed E-state index contributed by atoms with van der Waals surface area (Å²) in [5.74, 6) is 1.01. The molecule has 0 saturated carbocycles. The van der Waals surface area contributed by atoms with Gasteiger partial charge in [0, 0.05) is 19.6 Å². The first-order valence-electron chi connectivity index (χ1n) is 7.24. The van der Waals surface area contributed by atoms with Gasteiger partial charge in [-0.3, -0.25) is 4.79 Å². The maximum absolute atomic E-state index is 12.4. The SMILES string of the molecule is COc1cccc(CN(C)C(=O)C2CCCC(C)N2)c1. The van der Waals surface area contributed by atoms with Crippen LogP contribution in [-0.4, -0.2) is 37.0 Å². The Morgan fingerprint density at radius 1 is 1.45 bits per heavy atom. The Morgan fingerprint density at radius 3 is 2.95 bits per heavy atom. The number of hydrogen-bond acceptors (Lipinski definition) is 3. The third kappa shape index (κ3) is 3.73. The van der Waals surface area contributed by atoms with Gasteiger partial charge in [0.25, 0.3) is 0 Å². The lowest BCUT2D eigenvalue weighted by Gasteiger charge is -2.31. The number of piperidine rings is 1. The Balaban J connectivity index is 1.96. The summed E-state index contributed by atoms with van der Waals surface area (Å²) < 4.78 is 5.21. The number of hydrogen-bond donors (Lipinski definition) is 1. The highest BCUT2D eigenvalue weighted by molar-refractivity contribution is 5.81. The van der Waals surface area contributed by atoms with E-state index in [1.54, 1.807) is 12.0 Å². The van der Waals surface area contributed by atoms with Gasteiger partial charge in [-0.15, -0.1) is 0 Å². The third-order valence-corrected chi connectivity index (χ3v) is 3.84. The van der Waals surface area contributed by atoms with Crippen LogP contribution in [-0.2, 0) is 11.3 Å². The Kier molecular flexibility index (Phi) is 5.01. The number of carbonyl (C=O) groups excluding carboxylic acids is 1. The molecule has 0 aromatic heterocycles. The quantitative estimate of drug-likeness (QED) is 0.916. The number of amides is 1. The molecule has 4 heteroatoms. The van der Waals surface area contributed by atoms with Crippen molar-refractivity contribution < 1.29 is 9.53 Å². The van der Waals surface area contributed by atoms with Crippen LogP contribution in [0.15, 0.2) is 24.3 Å². The second-order valence-corrected chi connectivity index (χ2v) is 5.60. The lowest BCUT2D eigenvalue weighted by molar-refractivity contribution is -0.133. The molecule has 2 rings (SSSR count). The summed E-state index contributed by atoms with van der Waals surface area (Å²) in [4.78, 5) is 14.2. The fraction of sp³-hybridized carbons (Fsp3) is 0.562. The Hall–Kier alpha value is -1.55. The molecule has 110 valence electrons. The fourth-order valence-electron chi connectivity index (χ4n) is 2.72. The van der Waals surface area contributed by atoms with Crippen molar-refractivity contribution in [3.63, 3.8) is 0 Å². The van der Waals surface area contributed by atoms with Gasteiger partial charge in [0.1, 0.15) is 5.75 Å². The standard InChI is InChI=1S/C16H24N2O2/c1-12-6-4-9-15(17-12)16(19)18(2)11-13-7-5-8-14(10-13)20-3/h5,7-8,10,12,15,17H,4,6,9,11H2,1-3H3. The number of benzene rings is 1. The van der Waals surface area contributed by atoms with Crippen LogP contribution in [0.5, 0.6) is 5.75 Å². The van der Waals surface area contributed by atoms with E-state index >= 15 is 0 Å². The Morgan fingerprint density at radius 2 is 2.25 bits per heavy atom. The van der Waals surface area contributed by atoms with E-state index in [0.717, 1.165) is 30.6 Å². The molecule has 0 bridgehead atoms. The van der Waals surface area contributed by atoms with E-state index in [4.69, 9.17) is 4.74 Å². The van der Waals surface area contributed by atoms with Gasteiger partial charge < -0.3 is 15.0 Å². The van der Waals surface area contributed by atoms with E-state index in [1.807, 2.05) is 31.3 Å². The third-order valence-electron chi connectivity index (χ3n) is 3.84. The van der Waals surface area contributed by atoms with Crippen molar-refractivity contribution in [1.29, 1.82) is 0 Å². The van der Waals surface area contributed by atoms with Gasteiger partial charge in [0.2, 0.25) is 5.91 Å². The van der Waals surface area contributed by atoms with E-state index in [1.165, 1.54) is 0 Å². The summed E-state index contributed by atoms with van der Waals surface area (Å²) in [5.41, 5.74) is 1.09. The highest BCUT2D eigenvalue weighted by Crippen LogP contribution is 2.17. The first kappa shape index (κ1) is 14.9. The average Bonchev–Trinajstić information content (AvgIpc) is 2.46. The normalized spacial score (nSPS) is 22.4. The molecule has 2 atom stereocenters. The van der Waals surface area contributed by atoms with E-state index in [0.29, 0.717) is 12.6 Å². The minimum absolute atomic E-state index is 0.0330. The van der Waals surface area contributed by atoms with Crippen LogP contribution >= 0.6 is 0 Å². The summed E-state index contributed by atoms with van der Waals surface area (Å²) in [5, 5.41) is 3.39. The van der Waals surface area contributed by atoms with Crippen LogP contribution in [0.4, 0.5) is 0 Å². The van der Waals surface area contributed by atoms with Crippen molar-refractivity contribution in [3.8, 4) is 5.75 Å². The van der Waals surface area contributed by atoms with Crippen LogP contribution in [0.2, 0.25) is 0 Å². The zero-order chi connectivity index (χ0) is 14.5. The fourth-order valence-corrected chi connectivity index (χ4v) is 2.72. The van der Waals surface area contributed by atoms with Crippen molar-refractivity contribution in [1.82, 2.24) is 10.2 Å². The molecule has 1 amide bonds. The molecular weight excluding hydrogens is 252 g/mol. The van der Waals surface area contributed by atoms with Gasteiger partial charge in [-0.05, 0) is 43.9 Å². The summed E-state index contributed by atoms with van der Waals surface area (Å²) in [6, 6.07) is 8.25. The largest absolute Gasteiger partial charge is 0.497 e. The van der Waals surface area contributed by atoms with E-state index < -0.39 is 0 Å².